The summed E-state index contributed by atoms with van der Waals surface area (Å²) in [7, 11) is -4.11. The van der Waals surface area contributed by atoms with E-state index in [4.69, 9.17) is 16.6 Å². The first-order chi connectivity index (χ1) is 19.3. The molecule has 4 aromatic rings. The lowest BCUT2D eigenvalue weighted by atomic mass is 9.90. The lowest BCUT2D eigenvalue weighted by Gasteiger charge is -2.32. The summed E-state index contributed by atoms with van der Waals surface area (Å²) in [5, 5.41) is 0.565. The second kappa shape index (κ2) is 12.5. The fraction of sp³-hybridized carbons (Fsp3) is 0.233. The number of piperidine rings is 1. The van der Waals surface area contributed by atoms with Crippen LogP contribution in [-0.4, -0.2) is 37.4 Å². The fourth-order valence-electron chi connectivity index (χ4n) is 4.88. The van der Waals surface area contributed by atoms with E-state index in [-0.39, 0.29) is 10.5 Å². The molecule has 1 amide bonds. The molecule has 40 heavy (non-hydrogen) atoms. The number of benzene rings is 3. The van der Waals surface area contributed by atoms with Gasteiger partial charge in [0.2, 0.25) is 5.95 Å². The maximum absolute atomic E-state index is 13.3. The number of hydrogen-bond acceptors (Lipinski definition) is 6. The van der Waals surface area contributed by atoms with E-state index in [2.05, 4.69) is 54.8 Å². The monoisotopic (exact) mass is 638 g/mol. The molecule has 0 atom stereocenters. The van der Waals surface area contributed by atoms with Gasteiger partial charge in [-0.3, -0.25) is 4.79 Å². The number of hydrogen-bond donors (Lipinski definition) is 1. The topological polar surface area (TPSA) is 92.3 Å². The van der Waals surface area contributed by atoms with E-state index in [1.807, 2.05) is 18.2 Å². The van der Waals surface area contributed by atoms with Crippen molar-refractivity contribution in [1.29, 1.82) is 0 Å². The van der Waals surface area contributed by atoms with Gasteiger partial charge in [0.25, 0.3) is 15.9 Å². The molecule has 0 saturated carbocycles. The Balaban J connectivity index is 1.37. The van der Waals surface area contributed by atoms with Crippen molar-refractivity contribution >= 4 is 49.4 Å². The third-order valence-corrected chi connectivity index (χ3v) is 9.02. The second-order valence-corrected chi connectivity index (χ2v) is 12.9. The molecule has 0 radical (unpaired) electrons. The van der Waals surface area contributed by atoms with Crippen molar-refractivity contribution < 1.29 is 13.2 Å². The Morgan fingerprint density at radius 1 is 0.975 bits per heavy atom. The van der Waals surface area contributed by atoms with Crippen molar-refractivity contribution in [1.82, 2.24) is 14.7 Å². The Morgan fingerprint density at radius 3 is 2.42 bits per heavy atom. The minimum Gasteiger partial charge on any atom is -0.341 e. The predicted octanol–water partition coefficient (Wildman–Crippen LogP) is 6.06. The molecule has 1 aliphatic rings. The number of amides is 1. The number of anilines is 1. The molecule has 0 spiro atoms. The zero-order valence-electron chi connectivity index (χ0n) is 21.6. The van der Waals surface area contributed by atoms with E-state index in [1.165, 1.54) is 23.9 Å². The summed E-state index contributed by atoms with van der Waals surface area (Å²) in [5.74, 6) is 0.324. The molecule has 2 heterocycles. The van der Waals surface area contributed by atoms with Crippen molar-refractivity contribution in [2.75, 3.05) is 18.0 Å². The van der Waals surface area contributed by atoms with Crippen molar-refractivity contribution in [2.24, 2.45) is 5.92 Å². The number of halogens is 2. The van der Waals surface area contributed by atoms with E-state index in [0.717, 1.165) is 37.9 Å². The van der Waals surface area contributed by atoms with Gasteiger partial charge in [-0.05, 0) is 66.6 Å². The molecule has 1 fully saturated rings. The Labute approximate surface area is 247 Å². The Morgan fingerprint density at radius 2 is 1.70 bits per heavy atom. The van der Waals surface area contributed by atoms with Gasteiger partial charge in [-0.15, -0.1) is 0 Å². The number of rotatable bonds is 8. The summed E-state index contributed by atoms with van der Waals surface area (Å²) >= 11 is 9.48. The van der Waals surface area contributed by atoms with Crippen LogP contribution in [0.25, 0.3) is 0 Å². The molecule has 206 valence electrons. The van der Waals surface area contributed by atoms with E-state index < -0.39 is 15.9 Å². The van der Waals surface area contributed by atoms with Gasteiger partial charge in [0.05, 0.1) is 16.2 Å². The number of carbonyl (C=O) groups is 1. The molecule has 7 nitrogen and oxygen atoms in total. The van der Waals surface area contributed by atoms with Gasteiger partial charge in [-0.2, -0.15) is 0 Å². The van der Waals surface area contributed by atoms with Gasteiger partial charge in [-0.1, -0.05) is 76.1 Å². The average Bonchev–Trinajstić information content (AvgIpc) is 2.94. The van der Waals surface area contributed by atoms with Crippen molar-refractivity contribution in [3.05, 3.63) is 117 Å². The molecule has 0 unspecified atom stereocenters. The van der Waals surface area contributed by atoms with Gasteiger partial charge in [0, 0.05) is 35.2 Å². The highest BCUT2D eigenvalue weighted by atomic mass is 79.9. The third kappa shape index (κ3) is 7.08. The zero-order valence-corrected chi connectivity index (χ0v) is 24.8. The van der Waals surface area contributed by atoms with Gasteiger partial charge in [0.15, 0.2) is 0 Å². The zero-order chi connectivity index (χ0) is 28.1. The van der Waals surface area contributed by atoms with E-state index >= 15 is 0 Å². The summed E-state index contributed by atoms with van der Waals surface area (Å²) in [6, 6.07) is 24.0. The molecule has 3 aromatic carbocycles. The summed E-state index contributed by atoms with van der Waals surface area (Å²) < 4.78 is 28.6. The average molecular weight is 640 g/mol. The van der Waals surface area contributed by atoms with E-state index in [0.29, 0.717) is 33.5 Å². The summed E-state index contributed by atoms with van der Waals surface area (Å²) in [6.07, 6.45) is 4.77. The van der Waals surface area contributed by atoms with Crippen LogP contribution in [0.1, 0.15) is 40.0 Å². The first-order valence-electron chi connectivity index (χ1n) is 13.0. The first kappa shape index (κ1) is 28.3. The Kier molecular flexibility index (Phi) is 8.83. The van der Waals surface area contributed by atoms with Gasteiger partial charge >= 0.3 is 0 Å². The van der Waals surface area contributed by atoms with Crippen LogP contribution in [-0.2, 0) is 22.9 Å². The number of nitrogens with one attached hydrogen (secondary N) is 1. The third-order valence-electron chi connectivity index (χ3n) is 6.96. The minimum atomic E-state index is -4.11. The smallest absolute Gasteiger partial charge is 0.268 e. The molecule has 5 rings (SSSR count). The van der Waals surface area contributed by atoms with Crippen LogP contribution in [0.2, 0.25) is 5.02 Å². The highest BCUT2D eigenvalue weighted by Gasteiger charge is 2.25. The summed E-state index contributed by atoms with van der Waals surface area (Å²) in [6.45, 7) is 1.60. The van der Waals surface area contributed by atoms with Crippen molar-refractivity contribution in [2.45, 2.75) is 30.6 Å². The van der Waals surface area contributed by atoms with E-state index in [1.54, 1.807) is 24.3 Å². The minimum absolute atomic E-state index is 0.0254. The number of carbonyl (C=O) groups excluding carboxylic acids is 1. The lowest BCUT2D eigenvalue weighted by Crippen LogP contribution is -2.36. The standard InChI is InChI=1S/C30H28BrClN4O3S/c31-24-9-5-11-26(19-24)40(38,39)35-29(37)27-20-33-30(34-28(27)18-23-8-4-10-25(32)17-23)36-14-12-22(13-15-36)16-21-6-2-1-3-7-21/h1-11,17,19-20,22H,12-16,18H2,(H,35,37). The van der Waals surface area contributed by atoms with Gasteiger partial charge < -0.3 is 4.90 Å². The van der Waals surface area contributed by atoms with Crippen LogP contribution in [0.5, 0.6) is 0 Å². The lowest BCUT2D eigenvalue weighted by molar-refractivity contribution is 0.0980. The number of aromatic nitrogens is 2. The van der Waals surface area contributed by atoms with Crippen LogP contribution in [0.4, 0.5) is 5.95 Å². The van der Waals surface area contributed by atoms with E-state index in [9.17, 15) is 13.2 Å². The van der Waals surface area contributed by atoms with Crippen LogP contribution >= 0.6 is 27.5 Å². The molecule has 0 aliphatic carbocycles. The fourth-order valence-corrected chi connectivity index (χ4v) is 6.65. The molecule has 10 heteroatoms. The second-order valence-electron chi connectivity index (χ2n) is 9.85. The summed E-state index contributed by atoms with van der Waals surface area (Å²) in [4.78, 5) is 24.7. The van der Waals surface area contributed by atoms with Crippen LogP contribution < -0.4 is 9.62 Å². The maximum atomic E-state index is 13.3. The SMILES string of the molecule is O=C(NS(=O)(=O)c1cccc(Br)c1)c1cnc(N2CCC(Cc3ccccc3)CC2)nc1Cc1cccc(Cl)c1. The molecular formula is C30H28BrClN4O3S. The van der Waals surface area contributed by atoms with Crippen molar-refractivity contribution in [3.63, 3.8) is 0 Å². The van der Waals surface area contributed by atoms with Gasteiger partial charge in [0.1, 0.15) is 0 Å². The van der Waals surface area contributed by atoms with Crippen LogP contribution in [0.15, 0.2) is 94.4 Å². The molecule has 1 saturated heterocycles. The molecule has 0 bridgehead atoms. The number of sulfonamides is 1. The van der Waals surface area contributed by atoms with Crippen LogP contribution in [0.3, 0.4) is 0 Å². The molecule has 1 aromatic heterocycles. The Bertz CT molecular complexity index is 1610. The first-order valence-corrected chi connectivity index (χ1v) is 15.6. The predicted molar refractivity (Wildman–Crippen MR) is 160 cm³/mol. The highest BCUT2D eigenvalue weighted by molar-refractivity contribution is 9.10. The highest BCUT2D eigenvalue weighted by Crippen LogP contribution is 2.26. The maximum Gasteiger partial charge on any atom is 0.268 e. The van der Waals surface area contributed by atoms with Crippen molar-refractivity contribution in [3.8, 4) is 0 Å². The molecular weight excluding hydrogens is 612 g/mol. The molecule has 1 N–H and O–H groups in total. The summed E-state index contributed by atoms with van der Waals surface area (Å²) in [5.41, 5.74) is 2.72. The quantitative estimate of drug-likeness (QED) is 0.252. The van der Waals surface area contributed by atoms with Crippen LogP contribution in [0, 0.1) is 5.92 Å². The normalized spacial score (nSPS) is 14.2. The largest absolute Gasteiger partial charge is 0.341 e. The molecule has 1 aliphatic heterocycles. The number of nitrogens with zero attached hydrogens (tertiary/aromatic N) is 3. The Hall–Kier alpha value is -3.27. The van der Waals surface area contributed by atoms with Gasteiger partial charge in [-0.25, -0.2) is 23.1 Å².